The molecule has 0 saturated heterocycles. The van der Waals surface area contributed by atoms with Gasteiger partial charge in [-0.2, -0.15) is 0 Å². The molecule has 0 aliphatic rings. The van der Waals surface area contributed by atoms with Crippen molar-refractivity contribution in [2.45, 2.75) is 0 Å². The lowest BCUT2D eigenvalue weighted by molar-refractivity contribution is 0.736. The second kappa shape index (κ2) is 5.84. The van der Waals surface area contributed by atoms with Crippen LogP contribution in [0, 0.1) is 0 Å². The second-order valence-corrected chi connectivity index (χ2v) is 6.24. The third-order valence-corrected chi connectivity index (χ3v) is 4.52. The minimum absolute atomic E-state index is 0.166. The van der Waals surface area contributed by atoms with Gasteiger partial charge in [0.25, 0.3) is 0 Å². The number of fused-ring (bicyclic) bond motifs is 2. The van der Waals surface area contributed by atoms with E-state index >= 15 is 0 Å². The fourth-order valence-electron chi connectivity index (χ4n) is 3.16. The average Bonchev–Trinajstić information content (AvgIpc) is 3.08. The summed E-state index contributed by atoms with van der Waals surface area (Å²) in [5.41, 5.74) is 5.43. The second-order valence-electron chi connectivity index (χ2n) is 6.24. The van der Waals surface area contributed by atoms with E-state index in [0.29, 0.717) is 22.6 Å². The monoisotopic (exact) mass is 354 g/mol. The summed E-state index contributed by atoms with van der Waals surface area (Å²) >= 11 is 0. The molecule has 0 bridgehead atoms. The van der Waals surface area contributed by atoms with Gasteiger partial charge in [-0.05, 0) is 12.1 Å². The number of hydrogen-bond acceptors (Lipinski definition) is 5. The number of benzene rings is 2. The zero-order chi connectivity index (χ0) is 18.4. The number of aromatic nitrogens is 6. The number of nitrogens with zero attached hydrogens (tertiary/aromatic N) is 5. The van der Waals surface area contributed by atoms with Crippen molar-refractivity contribution in [1.29, 1.82) is 0 Å². The molecule has 0 atom stereocenters. The summed E-state index contributed by atoms with van der Waals surface area (Å²) < 4.78 is 1.71. The number of aryl methyl sites for hydroxylation is 1. The van der Waals surface area contributed by atoms with Crippen LogP contribution in [0.4, 0.5) is 0 Å². The van der Waals surface area contributed by atoms with Crippen LogP contribution in [0.25, 0.3) is 44.7 Å². The van der Waals surface area contributed by atoms with E-state index in [9.17, 15) is 4.79 Å². The highest BCUT2D eigenvalue weighted by molar-refractivity contribution is 5.88. The molecule has 1 N–H and O–H groups in total. The Morgan fingerprint density at radius 3 is 2.59 bits per heavy atom. The predicted octanol–water partition coefficient (Wildman–Crippen LogP) is 2.93. The van der Waals surface area contributed by atoms with Gasteiger partial charge < -0.3 is 4.98 Å². The van der Waals surface area contributed by atoms with Crippen molar-refractivity contribution in [2.24, 2.45) is 7.05 Å². The lowest BCUT2D eigenvalue weighted by Crippen LogP contribution is -2.06. The van der Waals surface area contributed by atoms with Crippen molar-refractivity contribution in [2.75, 3.05) is 0 Å². The number of pyridine rings is 1. The molecule has 0 unspecified atom stereocenters. The molecule has 0 fully saturated rings. The average molecular weight is 354 g/mol. The van der Waals surface area contributed by atoms with E-state index in [2.05, 4.69) is 20.3 Å². The molecular formula is C20H14N6O. The van der Waals surface area contributed by atoms with Crippen molar-refractivity contribution in [3.8, 4) is 22.5 Å². The van der Waals surface area contributed by atoms with Gasteiger partial charge in [0, 0.05) is 30.4 Å². The highest BCUT2D eigenvalue weighted by Crippen LogP contribution is 2.31. The van der Waals surface area contributed by atoms with Crippen LogP contribution in [0.3, 0.4) is 0 Å². The van der Waals surface area contributed by atoms with E-state index in [-0.39, 0.29) is 5.43 Å². The van der Waals surface area contributed by atoms with Crippen LogP contribution < -0.4 is 5.43 Å². The lowest BCUT2D eigenvalue weighted by atomic mass is 10.0. The highest BCUT2D eigenvalue weighted by Gasteiger charge is 2.16. The normalized spacial score (nSPS) is 11.3. The van der Waals surface area contributed by atoms with Gasteiger partial charge in [-0.3, -0.25) is 4.79 Å². The van der Waals surface area contributed by atoms with Gasteiger partial charge in [0.2, 0.25) is 5.43 Å². The smallest absolute Gasteiger partial charge is 0.209 e. The van der Waals surface area contributed by atoms with Crippen LogP contribution in [-0.2, 0) is 7.05 Å². The molecule has 7 nitrogen and oxygen atoms in total. The molecule has 0 amide bonds. The Balaban J connectivity index is 1.86. The fraction of sp³-hybridized carbons (Fsp3) is 0.0500. The maximum atomic E-state index is 12.3. The van der Waals surface area contributed by atoms with Crippen LogP contribution >= 0.6 is 0 Å². The maximum absolute atomic E-state index is 12.3. The summed E-state index contributed by atoms with van der Waals surface area (Å²) in [7, 11) is 1.84. The number of hydrogen-bond donors (Lipinski definition) is 1. The first-order valence-electron chi connectivity index (χ1n) is 8.45. The third-order valence-electron chi connectivity index (χ3n) is 4.52. The van der Waals surface area contributed by atoms with Gasteiger partial charge in [0.05, 0.1) is 16.9 Å². The van der Waals surface area contributed by atoms with Gasteiger partial charge in [-0.25, -0.2) is 14.6 Å². The molecule has 0 aliphatic carbocycles. The van der Waals surface area contributed by atoms with E-state index in [0.717, 1.165) is 22.2 Å². The van der Waals surface area contributed by atoms with E-state index in [1.807, 2.05) is 55.6 Å². The van der Waals surface area contributed by atoms with Crippen molar-refractivity contribution < 1.29 is 0 Å². The molecule has 5 aromatic rings. The Morgan fingerprint density at radius 2 is 1.74 bits per heavy atom. The fourth-order valence-corrected chi connectivity index (χ4v) is 3.16. The summed E-state index contributed by atoms with van der Waals surface area (Å²) in [6.07, 6.45) is 1.58. The Bertz CT molecular complexity index is 1350. The van der Waals surface area contributed by atoms with E-state index in [4.69, 9.17) is 4.98 Å². The molecule has 0 saturated carbocycles. The molecule has 3 heterocycles. The van der Waals surface area contributed by atoms with Crippen LogP contribution in [0.5, 0.6) is 0 Å². The summed E-state index contributed by atoms with van der Waals surface area (Å²) in [5.74, 6) is 0. The van der Waals surface area contributed by atoms with Crippen molar-refractivity contribution in [3.63, 3.8) is 0 Å². The summed E-state index contributed by atoms with van der Waals surface area (Å²) in [4.78, 5) is 24.7. The first-order chi connectivity index (χ1) is 13.2. The largest absolute Gasteiger partial charge is 0.345 e. The van der Waals surface area contributed by atoms with E-state index < -0.39 is 0 Å². The topological polar surface area (TPSA) is 89.4 Å². The molecule has 5 rings (SSSR count). The summed E-state index contributed by atoms with van der Waals surface area (Å²) in [6, 6.07) is 17.1. The Kier molecular flexibility index (Phi) is 3.33. The number of rotatable bonds is 2. The van der Waals surface area contributed by atoms with Crippen LogP contribution in [-0.4, -0.2) is 29.9 Å². The van der Waals surface area contributed by atoms with Crippen molar-refractivity contribution in [3.05, 3.63) is 71.0 Å². The zero-order valence-corrected chi connectivity index (χ0v) is 14.4. The Hall–Kier alpha value is -3.87. The standard InChI is InChI=1S/C20H14N6O/c1-26-15-11-13(7-8-14(15)24-25-26)18-17(12-5-3-2-4-6-12)23-20-19(22-18)16(27)9-10-21-20/h2-11H,1H3,(H,21,23,27). The van der Waals surface area contributed by atoms with Crippen molar-refractivity contribution in [1.82, 2.24) is 29.9 Å². The molecule has 3 aromatic heterocycles. The van der Waals surface area contributed by atoms with Crippen LogP contribution in [0.2, 0.25) is 0 Å². The number of nitrogens with one attached hydrogen (secondary N) is 1. The van der Waals surface area contributed by atoms with Crippen LogP contribution in [0.15, 0.2) is 65.6 Å². The first kappa shape index (κ1) is 15.4. The molecule has 0 radical (unpaired) electrons. The van der Waals surface area contributed by atoms with E-state index in [1.54, 1.807) is 10.9 Å². The number of aromatic amines is 1. The van der Waals surface area contributed by atoms with Gasteiger partial charge >= 0.3 is 0 Å². The lowest BCUT2D eigenvalue weighted by Gasteiger charge is -2.10. The zero-order valence-electron chi connectivity index (χ0n) is 14.4. The predicted molar refractivity (Wildman–Crippen MR) is 103 cm³/mol. The van der Waals surface area contributed by atoms with E-state index in [1.165, 1.54) is 6.07 Å². The first-order valence-corrected chi connectivity index (χ1v) is 8.45. The van der Waals surface area contributed by atoms with Gasteiger partial charge in [0.1, 0.15) is 5.52 Å². The third kappa shape index (κ3) is 2.48. The Morgan fingerprint density at radius 1 is 0.926 bits per heavy atom. The Labute approximate surface area is 153 Å². The number of H-pyrrole nitrogens is 1. The molecule has 2 aromatic carbocycles. The minimum Gasteiger partial charge on any atom is -0.345 e. The van der Waals surface area contributed by atoms with Crippen molar-refractivity contribution >= 4 is 22.2 Å². The highest BCUT2D eigenvalue weighted by atomic mass is 16.1. The quantitative estimate of drug-likeness (QED) is 0.526. The summed E-state index contributed by atoms with van der Waals surface area (Å²) in [5, 5.41) is 8.17. The molecule has 7 heteroatoms. The summed E-state index contributed by atoms with van der Waals surface area (Å²) in [6.45, 7) is 0. The molecule has 27 heavy (non-hydrogen) atoms. The molecule has 0 spiro atoms. The molecule has 0 aliphatic heterocycles. The molecule has 130 valence electrons. The van der Waals surface area contributed by atoms with Gasteiger partial charge in [-0.1, -0.05) is 41.6 Å². The minimum atomic E-state index is -0.166. The molecular weight excluding hydrogens is 340 g/mol. The van der Waals surface area contributed by atoms with Gasteiger partial charge in [-0.15, -0.1) is 5.10 Å². The SMILES string of the molecule is Cn1nnc2ccc(-c3nc4c(=O)cc[nH]c4nc3-c3ccccc3)cc21. The van der Waals surface area contributed by atoms with Crippen LogP contribution in [0.1, 0.15) is 0 Å². The maximum Gasteiger partial charge on any atom is 0.209 e. The van der Waals surface area contributed by atoms with Gasteiger partial charge in [0.15, 0.2) is 11.2 Å².